The summed E-state index contributed by atoms with van der Waals surface area (Å²) in [6.45, 7) is 15.4. The van der Waals surface area contributed by atoms with E-state index < -0.39 is 51.3 Å². The Morgan fingerprint density at radius 3 is 1.47 bits per heavy atom. The van der Waals surface area contributed by atoms with Gasteiger partial charge in [0.05, 0.1) is 54.0 Å². The fraction of sp³-hybridized carbons (Fsp3) is 0.264. The Kier molecular flexibility index (Phi) is 22.9. The molecule has 112 heavy (non-hydrogen) atoms. The predicted octanol–water partition coefficient (Wildman–Crippen LogP) is 13.4. The van der Waals surface area contributed by atoms with Crippen LogP contribution in [0, 0.1) is 27.7 Å². The van der Waals surface area contributed by atoms with E-state index in [4.69, 9.17) is 14.2 Å². The summed E-state index contributed by atoms with van der Waals surface area (Å²) in [6.07, 6.45) is 10.4. The number of anilines is 3. The van der Waals surface area contributed by atoms with Gasteiger partial charge in [-0.25, -0.2) is 29.4 Å². The number of ether oxygens (including phenoxy) is 3. The van der Waals surface area contributed by atoms with Crippen molar-refractivity contribution >= 4 is 35.2 Å². The van der Waals surface area contributed by atoms with E-state index in [9.17, 15) is 44.1 Å². The van der Waals surface area contributed by atoms with Crippen molar-refractivity contribution in [1.29, 1.82) is 0 Å². The van der Waals surface area contributed by atoms with Crippen LogP contribution in [0.2, 0.25) is 0 Å². The molecule has 2 unspecified atom stereocenters. The topological polar surface area (TPSA) is 335 Å². The summed E-state index contributed by atoms with van der Waals surface area (Å²) in [5, 5.41) is 51.0. The second-order valence-corrected chi connectivity index (χ2v) is 29.3. The van der Waals surface area contributed by atoms with Gasteiger partial charge in [0.25, 0.3) is 28.8 Å². The zero-order chi connectivity index (χ0) is 79.0. The minimum absolute atomic E-state index is 0.000805. The number of nitrogens with one attached hydrogen (secondary N) is 4. The second kappa shape index (κ2) is 33.2. The van der Waals surface area contributed by atoms with Gasteiger partial charge in [0, 0.05) is 37.3 Å². The van der Waals surface area contributed by atoms with Gasteiger partial charge in [0.2, 0.25) is 5.82 Å². The van der Waals surface area contributed by atoms with Gasteiger partial charge in [0.15, 0.2) is 5.69 Å². The van der Waals surface area contributed by atoms with Crippen LogP contribution in [-0.2, 0) is 17.6 Å². The molecule has 25 heteroatoms. The molecule has 0 radical (unpaired) electrons. The lowest BCUT2D eigenvalue weighted by molar-refractivity contribution is 0.0411. The summed E-state index contributed by atoms with van der Waals surface area (Å²) in [7, 11) is 0. The third-order valence-electron chi connectivity index (χ3n) is 20.0. The quantitative estimate of drug-likeness (QED) is 0.0214. The Balaban J connectivity index is 0.577. The smallest absolute Gasteiger partial charge is 0.332 e. The minimum atomic E-state index is -1.32. The van der Waals surface area contributed by atoms with E-state index >= 15 is 0 Å². The lowest BCUT2D eigenvalue weighted by atomic mass is 9.91. The molecule has 3 amide bonds. The SMILES string of the molecule is Cc1ccc(OCCCC(C)(C)O)cc1-c1ccnc(NC(=O)c2cn(-c3ccc(C(C)(O)CCCOc4ccc(C)c(-c5ccnc(NC(=O)c6nn(-c7ccc(C(C)(O)CCCOc8ccc(C)c(-c9ccnc(NC(=O)c%10nc%11n(n%10)[C@@H](c%10ccccc%10)CC%11)c9)c8)cc7)c(=O)cc6C)c5)c4)cc3)c(=O)[nH]c2=O)c1. The van der Waals surface area contributed by atoms with E-state index in [0.29, 0.717) is 103 Å². The van der Waals surface area contributed by atoms with Crippen LogP contribution in [0.15, 0.2) is 215 Å². The number of H-pyrrole nitrogens is 1. The fourth-order valence-electron chi connectivity index (χ4n) is 13.7. The first kappa shape index (κ1) is 77.3. The van der Waals surface area contributed by atoms with Crippen molar-refractivity contribution in [2.24, 2.45) is 0 Å². The molecule has 0 bridgehead atoms. The van der Waals surface area contributed by atoms with Crippen molar-refractivity contribution in [3.63, 3.8) is 0 Å². The van der Waals surface area contributed by atoms with Gasteiger partial charge in [0.1, 0.15) is 46.1 Å². The molecule has 6 aromatic heterocycles. The van der Waals surface area contributed by atoms with Crippen molar-refractivity contribution in [3.8, 4) is 62.0 Å². The average molecular weight is 1510 g/mol. The number of pyridine rings is 3. The first-order valence-electron chi connectivity index (χ1n) is 37.1. The molecule has 3 atom stereocenters. The number of aromatic nitrogens is 10. The zero-order valence-corrected chi connectivity index (χ0v) is 63.4. The molecule has 1 aliphatic rings. The minimum Gasteiger partial charge on any atom is -0.494 e. The monoisotopic (exact) mass is 1510 g/mol. The molecule has 0 fully saturated rings. The van der Waals surface area contributed by atoms with Gasteiger partial charge in [-0.05, 0) is 270 Å². The molecule has 0 saturated heterocycles. The first-order valence-corrected chi connectivity index (χ1v) is 37.1. The first-order chi connectivity index (χ1) is 53.7. The maximum Gasteiger partial charge on any atom is 0.332 e. The van der Waals surface area contributed by atoms with E-state index in [1.54, 1.807) is 120 Å². The standard InChI is InChI=1S/C87H87N13O12/c1-53-17-28-65(110-42-12-36-85(5,6)107)49-68(53)58-33-39-88-73(46-58)91-80(102)71-52-98(84(106)95-81(71)103)63-24-20-61(21-25-63)86(7,108)37-13-43-111-66-29-18-54(2)69(50-66)59-34-40-89-74(47-59)92-82(104)78-56(4)45-77(101)99(96-78)64-26-22-62(23-27-64)87(8,109)38-14-44-112-67-30-19-55(3)70(51-67)60-35-41-90-75(48-60)93-83(105)79-94-76-32-31-72(100(76)97-79)57-15-10-9-11-16-57/h9-11,15-30,33-35,39-41,45-52,72,107-109H,12-14,31-32,36-38,42-44H2,1-8H3,(H,88,91,102)(H,89,92,104)(H,90,93,105)(H,95,103,106)/t72-,86?,87?/m1/s1. The Labute approximate surface area is 646 Å². The average Bonchev–Trinajstić information content (AvgIpc) is 1.69. The molecule has 1 aliphatic heterocycles. The van der Waals surface area contributed by atoms with Gasteiger partial charge in [-0.1, -0.05) is 72.8 Å². The third-order valence-corrected chi connectivity index (χ3v) is 20.0. The van der Waals surface area contributed by atoms with Crippen molar-refractivity contribution in [1.82, 2.24) is 49.0 Å². The third kappa shape index (κ3) is 18.4. The van der Waals surface area contributed by atoms with E-state index in [1.165, 1.54) is 18.5 Å². The number of amides is 3. The number of aliphatic hydroxyl groups is 3. The van der Waals surface area contributed by atoms with Gasteiger partial charge in [-0.15, -0.1) is 5.10 Å². The van der Waals surface area contributed by atoms with Gasteiger partial charge < -0.3 is 45.5 Å². The maximum absolute atomic E-state index is 14.0. The number of nitrogens with zero attached hydrogens (tertiary/aromatic N) is 9. The highest BCUT2D eigenvalue weighted by Gasteiger charge is 2.30. The normalized spacial score (nSPS) is 13.7. The van der Waals surface area contributed by atoms with E-state index in [1.807, 2.05) is 110 Å². The number of fused-ring (bicyclic) bond motifs is 1. The molecular formula is C87H87N13O12. The summed E-state index contributed by atoms with van der Waals surface area (Å²) in [5.41, 5.74) is 5.24. The van der Waals surface area contributed by atoms with Crippen molar-refractivity contribution in [2.45, 2.75) is 130 Å². The van der Waals surface area contributed by atoms with Crippen LogP contribution < -0.4 is 47.0 Å². The molecule has 0 spiro atoms. The molecular weight excluding hydrogens is 1420 g/mol. The predicted molar refractivity (Wildman–Crippen MR) is 427 cm³/mol. The number of benzene rings is 6. The largest absolute Gasteiger partial charge is 0.494 e. The van der Waals surface area contributed by atoms with E-state index in [2.05, 4.69) is 63.2 Å². The highest BCUT2D eigenvalue weighted by Crippen LogP contribution is 2.36. The van der Waals surface area contributed by atoms with E-state index in [-0.39, 0.29) is 41.4 Å². The van der Waals surface area contributed by atoms with Crippen LogP contribution in [0.1, 0.15) is 155 Å². The van der Waals surface area contributed by atoms with Crippen molar-refractivity contribution in [3.05, 3.63) is 294 Å². The number of rotatable bonds is 29. The van der Waals surface area contributed by atoms with Crippen molar-refractivity contribution < 1.29 is 43.9 Å². The van der Waals surface area contributed by atoms with Crippen molar-refractivity contribution in [2.75, 3.05) is 35.8 Å². The summed E-state index contributed by atoms with van der Waals surface area (Å²) in [4.78, 5) is 101. The van der Waals surface area contributed by atoms with Crippen LogP contribution >= 0.6 is 0 Å². The molecule has 0 saturated carbocycles. The molecule has 7 N–H and O–H groups in total. The highest BCUT2D eigenvalue weighted by atomic mass is 16.5. The van der Waals surface area contributed by atoms with Gasteiger partial charge in [-0.3, -0.25) is 33.5 Å². The number of hydrogen-bond donors (Lipinski definition) is 7. The molecule has 25 nitrogen and oxygen atoms in total. The number of hydrogen-bond acceptors (Lipinski definition) is 18. The Morgan fingerprint density at radius 2 is 0.982 bits per heavy atom. The molecule has 7 heterocycles. The number of aryl methyl sites for hydroxylation is 5. The molecule has 0 aliphatic carbocycles. The van der Waals surface area contributed by atoms with Crippen LogP contribution in [0.25, 0.3) is 44.8 Å². The molecule has 572 valence electrons. The Bertz CT molecular complexity index is 5670. The summed E-state index contributed by atoms with van der Waals surface area (Å²) in [6, 6.07) is 52.6. The Hall–Kier alpha value is -12.8. The lowest BCUT2D eigenvalue weighted by Gasteiger charge is -2.24. The Morgan fingerprint density at radius 1 is 0.518 bits per heavy atom. The van der Waals surface area contributed by atoms with Crippen LogP contribution in [0.4, 0.5) is 17.5 Å². The van der Waals surface area contributed by atoms with E-state index in [0.717, 1.165) is 83.5 Å². The van der Waals surface area contributed by atoms with Crippen LogP contribution in [0.3, 0.4) is 0 Å². The maximum atomic E-state index is 14.0. The lowest BCUT2D eigenvalue weighted by Crippen LogP contribution is -2.34. The van der Waals surface area contributed by atoms with Gasteiger partial charge in [-0.2, -0.15) is 9.78 Å². The summed E-state index contributed by atoms with van der Waals surface area (Å²) >= 11 is 0. The second-order valence-electron chi connectivity index (χ2n) is 29.3. The van der Waals surface area contributed by atoms with Gasteiger partial charge >= 0.3 is 5.69 Å². The van der Waals surface area contributed by atoms with Crippen LogP contribution in [0.5, 0.6) is 17.2 Å². The van der Waals surface area contributed by atoms with Crippen LogP contribution in [-0.4, -0.2) is 108 Å². The summed E-state index contributed by atoms with van der Waals surface area (Å²) in [5.74, 6) is 1.64. The number of carbonyl (C=O) groups is 3. The summed E-state index contributed by atoms with van der Waals surface area (Å²) < 4.78 is 22.6. The number of aromatic amines is 1. The molecule has 6 aromatic carbocycles. The molecule has 12 aromatic rings. The number of carbonyl (C=O) groups excluding carboxylic acids is 3. The highest BCUT2D eigenvalue weighted by molar-refractivity contribution is 6.04. The molecule has 13 rings (SSSR count). The fourth-order valence-corrected chi connectivity index (χ4v) is 13.7. The zero-order valence-electron chi connectivity index (χ0n) is 63.4.